The van der Waals surface area contributed by atoms with Crippen molar-refractivity contribution in [3.63, 3.8) is 0 Å². The normalized spacial score (nSPS) is 13.2. The van der Waals surface area contributed by atoms with E-state index in [1.54, 1.807) is 18.3 Å². The zero-order chi connectivity index (χ0) is 10.8. The van der Waals surface area contributed by atoms with E-state index in [-0.39, 0.29) is 12.5 Å². The van der Waals surface area contributed by atoms with E-state index in [1.165, 1.54) is 4.57 Å². The number of rotatable bonds is 3. The van der Waals surface area contributed by atoms with E-state index >= 15 is 0 Å². The lowest BCUT2D eigenvalue weighted by molar-refractivity contribution is 0.221. The maximum Gasteiger partial charge on any atom is 0.421 e. The molecule has 1 atom stereocenters. The minimum Gasteiger partial charge on any atom is -0.406 e. The minimum atomic E-state index is -0.427. The third-order valence-electron chi connectivity index (χ3n) is 2.23. The first-order chi connectivity index (χ1) is 7.22. The Bertz CT molecular complexity index is 515. The molecule has 0 amide bonds. The van der Waals surface area contributed by atoms with Crippen LogP contribution >= 0.6 is 0 Å². The Hall–Kier alpha value is -1.62. The van der Waals surface area contributed by atoms with Crippen molar-refractivity contribution in [2.75, 3.05) is 6.61 Å². The highest BCUT2D eigenvalue weighted by atomic mass is 16.4. The molecular weight excluding hydrogens is 196 g/mol. The summed E-state index contributed by atoms with van der Waals surface area (Å²) in [5, 5.41) is 8.93. The van der Waals surface area contributed by atoms with E-state index in [0.29, 0.717) is 17.8 Å². The van der Waals surface area contributed by atoms with Gasteiger partial charge in [0.2, 0.25) is 0 Å². The first kappa shape index (κ1) is 9.92. The van der Waals surface area contributed by atoms with Crippen LogP contribution < -0.4 is 5.76 Å². The predicted octanol–water partition coefficient (Wildman–Crippen LogP) is 0.618. The van der Waals surface area contributed by atoms with Crippen molar-refractivity contribution in [3.05, 3.63) is 28.9 Å². The monoisotopic (exact) mass is 208 g/mol. The maximum atomic E-state index is 11.5. The smallest absolute Gasteiger partial charge is 0.406 e. The van der Waals surface area contributed by atoms with Crippen molar-refractivity contribution in [3.8, 4) is 0 Å². The van der Waals surface area contributed by atoms with Gasteiger partial charge in [0.1, 0.15) is 0 Å². The summed E-state index contributed by atoms with van der Waals surface area (Å²) in [5.41, 5.74) is 1.01. The molecule has 2 aromatic rings. The Morgan fingerprint density at radius 2 is 2.47 bits per heavy atom. The third kappa shape index (κ3) is 1.78. The van der Waals surface area contributed by atoms with E-state index in [2.05, 4.69) is 4.98 Å². The second-order valence-corrected chi connectivity index (χ2v) is 3.59. The standard InChI is InChI=1S/C10H12N2O3/c1-7(6-13)5-12-9-8(15-10(12)14)3-2-4-11-9/h2-4,7,13H,5-6H2,1H3. The van der Waals surface area contributed by atoms with E-state index in [1.807, 2.05) is 6.92 Å². The average molecular weight is 208 g/mol. The number of oxazole rings is 1. The molecule has 0 radical (unpaired) electrons. The molecule has 1 unspecified atom stereocenters. The Morgan fingerprint density at radius 3 is 3.20 bits per heavy atom. The second kappa shape index (κ2) is 3.86. The van der Waals surface area contributed by atoms with Crippen LogP contribution in [0.15, 0.2) is 27.5 Å². The van der Waals surface area contributed by atoms with Crippen LogP contribution in [-0.4, -0.2) is 21.3 Å². The highest BCUT2D eigenvalue weighted by Crippen LogP contribution is 2.10. The zero-order valence-electron chi connectivity index (χ0n) is 8.38. The number of hydrogen-bond acceptors (Lipinski definition) is 4. The van der Waals surface area contributed by atoms with Gasteiger partial charge in [0.15, 0.2) is 11.2 Å². The van der Waals surface area contributed by atoms with Crippen molar-refractivity contribution in [1.29, 1.82) is 0 Å². The van der Waals surface area contributed by atoms with Crippen molar-refractivity contribution >= 4 is 11.2 Å². The summed E-state index contributed by atoms with van der Waals surface area (Å²) in [6.45, 7) is 2.31. The predicted molar refractivity (Wildman–Crippen MR) is 54.5 cm³/mol. The number of aromatic nitrogens is 2. The number of nitrogens with zero attached hydrogens (tertiary/aromatic N) is 2. The van der Waals surface area contributed by atoms with Crippen LogP contribution in [0, 0.1) is 5.92 Å². The van der Waals surface area contributed by atoms with Crippen LogP contribution in [0.4, 0.5) is 0 Å². The number of aliphatic hydroxyl groups excluding tert-OH is 1. The molecular formula is C10H12N2O3. The highest BCUT2D eigenvalue weighted by molar-refractivity contribution is 5.67. The molecule has 2 heterocycles. The van der Waals surface area contributed by atoms with E-state index in [9.17, 15) is 4.79 Å². The summed E-state index contributed by atoms with van der Waals surface area (Å²) >= 11 is 0. The van der Waals surface area contributed by atoms with Crippen LogP contribution in [0.25, 0.3) is 11.2 Å². The van der Waals surface area contributed by atoms with Crippen LogP contribution in [0.3, 0.4) is 0 Å². The van der Waals surface area contributed by atoms with Gasteiger partial charge in [0, 0.05) is 19.3 Å². The topological polar surface area (TPSA) is 68.3 Å². The molecule has 2 aromatic heterocycles. The van der Waals surface area contributed by atoms with Gasteiger partial charge < -0.3 is 9.52 Å². The van der Waals surface area contributed by atoms with Gasteiger partial charge in [0.25, 0.3) is 0 Å². The average Bonchev–Trinajstić information content (AvgIpc) is 2.55. The molecule has 5 nitrogen and oxygen atoms in total. The molecule has 0 aliphatic carbocycles. The largest absolute Gasteiger partial charge is 0.421 e. The van der Waals surface area contributed by atoms with Crippen LogP contribution in [0.1, 0.15) is 6.92 Å². The molecule has 0 saturated carbocycles. The molecule has 5 heteroatoms. The fraction of sp³-hybridized carbons (Fsp3) is 0.400. The van der Waals surface area contributed by atoms with Crippen molar-refractivity contribution < 1.29 is 9.52 Å². The van der Waals surface area contributed by atoms with Crippen molar-refractivity contribution in [2.45, 2.75) is 13.5 Å². The summed E-state index contributed by atoms with van der Waals surface area (Å²) in [6.07, 6.45) is 1.61. The summed E-state index contributed by atoms with van der Waals surface area (Å²) < 4.78 is 6.45. The van der Waals surface area contributed by atoms with Gasteiger partial charge in [0.05, 0.1) is 0 Å². The summed E-state index contributed by atoms with van der Waals surface area (Å²) in [5.74, 6) is -0.422. The van der Waals surface area contributed by atoms with Crippen molar-refractivity contribution in [1.82, 2.24) is 9.55 Å². The molecule has 0 aromatic carbocycles. The Morgan fingerprint density at radius 1 is 1.67 bits per heavy atom. The second-order valence-electron chi connectivity index (χ2n) is 3.59. The molecule has 80 valence electrons. The van der Waals surface area contributed by atoms with Gasteiger partial charge in [-0.3, -0.25) is 4.57 Å². The Kier molecular flexibility index (Phi) is 2.55. The summed E-state index contributed by atoms with van der Waals surface area (Å²) in [4.78, 5) is 15.5. The van der Waals surface area contributed by atoms with Gasteiger partial charge in [-0.05, 0) is 18.1 Å². The number of hydrogen-bond donors (Lipinski definition) is 1. The number of pyridine rings is 1. The van der Waals surface area contributed by atoms with Crippen LogP contribution in [0.2, 0.25) is 0 Å². The van der Waals surface area contributed by atoms with Gasteiger partial charge in [-0.15, -0.1) is 0 Å². The lowest BCUT2D eigenvalue weighted by atomic mass is 10.2. The molecule has 2 rings (SSSR count). The molecule has 0 aliphatic heterocycles. The Labute approximate surface area is 86.0 Å². The molecule has 1 N–H and O–H groups in total. The van der Waals surface area contributed by atoms with Crippen LogP contribution in [-0.2, 0) is 6.54 Å². The highest BCUT2D eigenvalue weighted by Gasteiger charge is 2.11. The van der Waals surface area contributed by atoms with Gasteiger partial charge >= 0.3 is 5.76 Å². The molecule has 0 spiro atoms. The fourth-order valence-electron chi connectivity index (χ4n) is 1.43. The van der Waals surface area contributed by atoms with E-state index in [4.69, 9.17) is 9.52 Å². The van der Waals surface area contributed by atoms with Gasteiger partial charge in [-0.25, -0.2) is 9.78 Å². The quantitative estimate of drug-likeness (QED) is 0.802. The fourth-order valence-corrected chi connectivity index (χ4v) is 1.43. The first-order valence-corrected chi connectivity index (χ1v) is 4.77. The van der Waals surface area contributed by atoms with Gasteiger partial charge in [-0.2, -0.15) is 0 Å². The molecule has 15 heavy (non-hydrogen) atoms. The van der Waals surface area contributed by atoms with Crippen LogP contribution in [0.5, 0.6) is 0 Å². The SMILES string of the molecule is CC(CO)Cn1c(=O)oc2cccnc21. The third-order valence-corrected chi connectivity index (χ3v) is 2.23. The minimum absolute atomic E-state index is 0.00510. The number of aliphatic hydroxyl groups is 1. The molecule has 0 fully saturated rings. The van der Waals surface area contributed by atoms with Crippen molar-refractivity contribution in [2.24, 2.45) is 5.92 Å². The van der Waals surface area contributed by atoms with E-state index in [0.717, 1.165) is 0 Å². The molecule has 0 bridgehead atoms. The zero-order valence-corrected chi connectivity index (χ0v) is 8.38. The lowest BCUT2D eigenvalue weighted by Crippen LogP contribution is -2.20. The molecule has 0 saturated heterocycles. The summed E-state index contributed by atoms with van der Waals surface area (Å²) in [7, 11) is 0. The first-order valence-electron chi connectivity index (χ1n) is 4.77. The molecule has 0 aliphatic rings. The summed E-state index contributed by atoms with van der Waals surface area (Å²) in [6, 6.07) is 3.41. The lowest BCUT2D eigenvalue weighted by Gasteiger charge is -2.06. The van der Waals surface area contributed by atoms with Gasteiger partial charge in [-0.1, -0.05) is 6.92 Å². The number of fused-ring (bicyclic) bond motifs is 1. The maximum absolute atomic E-state index is 11.5. The van der Waals surface area contributed by atoms with E-state index < -0.39 is 5.76 Å². The Balaban J connectivity index is 2.50.